The van der Waals surface area contributed by atoms with Crippen molar-refractivity contribution in [2.75, 3.05) is 14.2 Å². The second-order valence-corrected chi connectivity index (χ2v) is 4.40. The molecule has 1 aliphatic heterocycles. The summed E-state index contributed by atoms with van der Waals surface area (Å²) in [7, 11) is 2.97. The van der Waals surface area contributed by atoms with E-state index in [9.17, 15) is 4.79 Å². The highest BCUT2D eigenvalue weighted by molar-refractivity contribution is 5.95. The number of aromatic nitrogens is 3. The molecule has 0 atom stereocenters. The molecule has 6 nitrogen and oxygen atoms in total. The highest BCUT2D eigenvalue weighted by Crippen LogP contribution is 2.28. The molecule has 0 spiro atoms. The van der Waals surface area contributed by atoms with Crippen molar-refractivity contribution in [1.29, 1.82) is 0 Å². The van der Waals surface area contributed by atoms with Crippen molar-refractivity contribution in [1.82, 2.24) is 15.0 Å². The van der Waals surface area contributed by atoms with E-state index in [2.05, 4.69) is 10.3 Å². The van der Waals surface area contributed by atoms with E-state index in [1.165, 1.54) is 7.11 Å². The normalized spacial score (nSPS) is 12.8. The van der Waals surface area contributed by atoms with E-state index < -0.39 is 0 Å². The standard InChI is InChI=1S/C14H13N3O3/c1-19-12-3-4-13-9(7-12)5-10(14(18)20-2)6-11-8-15-16-17(11)13/h3-5,7-8H,6H2,1-2H3. The van der Waals surface area contributed by atoms with E-state index >= 15 is 0 Å². The summed E-state index contributed by atoms with van der Waals surface area (Å²) in [4.78, 5) is 11.8. The average molecular weight is 271 g/mol. The summed E-state index contributed by atoms with van der Waals surface area (Å²) in [5.41, 5.74) is 3.10. The van der Waals surface area contributed by atoms with Crippen LogP contribution in [0.15, 0.2) is 30.0 Å². The molecule has 0 fully saturated rings. The molecule has 2 aromatic rings. The van der Waals surface area contributed by atoms with Gasteiger partial charge in [-0.3, -0.25) is 0 Å². The topological polar surface area (TPSA) is 66.2 Å². The molecule has 0 bridgehead atoms. The maximum Gasteiger partial charge on any atom is 0.334 e. The second-order valence-electron chi connectivity index (χ2n) is 4.40. The van der Waals surface area contributed by atoms with E-state index in [1.54, 1.807) is 24.1 Å². The number of fused-ring (bicyclic) bond motifs is 3. The molecule has 0 N–H and O–H groups in total. The molecule has 0 radical (unpaired) electrons. The Morgan fingerprint density at radius 3 is 2.95 bits per heavy atom. The number of hydrogen-bond donors (Lipinski definition) is 0. The summed E-state index contributed by atoms with van der Waals surface area (Å²) in [6.45, 7) is 0. The number of rotatable bonds is 2. The highest BCUT2D eigenvalue weighted by atomic mass is 16.5. The predicted octanol–water partition coefficient (Wildman–Crippen LogP) is 1.39. The first kappa shape index (κ1) is 12.4. The molecular formula is C14H13N3O3. The number of esters is 1. The van der Waals surface area contributed by atoms with Gasteiger partial charge in [-0.15, -0.1) is 5.10 Å². The van der Waals surface area contributed by atoms with E-state index in [0.29, 0.717) is 17.7 Å². The van der Waals surface area contributed by atoms with Gasteiger partial charge in [0.1, 0.15) is 5.75 Å². The van der Waals surface area contributed by atoms with Crippen molar-refractivity contribution in [2.24, 2.45) is 0 Å². The first-order valence-corrected chi connectivity index (χ1v) is 6.10. The number of benzene rings is 1. The van der Waals surface area contributed by atoms with Crippen molar-refractivity contribution in [3.8, 4) is 11.4 Å². The number of carbonyl (C=O) groups excluding carboxylic acids is 1. The van der Waals surface area contributed by atoms with Gasteiger partial charge in [0.25, 0.3) is 0 Å². The molecule has 102 valence electrons. The Bertz CT molecular complexity index is 703. The minimum absolute atomic E-state index is 0.353. The van der Waals surface area contributed by atoms with Crippen LogP contribution >= 0.6 is 0 Å². The van der Waals surface area contributed by atoms with Gasteiger partial charge in [0, 0.05) is 17.6 Å². The molecule has 6 heteroatoms. The lowest BCUT2D eigenvalue weighted by Crippen LogP contribution is -2.08. The average Bonchev–Trinajstić information content (AvgIpc) is 2.87. The SMILES string of the molecule is COC(=O)C1=Cc2cc(OC)ccc2-n2nncc2C1. The highest BCUT2D eigenvalue weighted by Gasteiger charge is 2.20. The largest absolute Gasteiger partial charge is 0.497 e. The molecule has 3 rings (SSSR count). The zero-order chi connectivity index (χ0) is 14.1. The molecule has 0 saturated carbocycles. The lowest BCUT2D eigenvalue weighted by Gasteiger charge is -2.08. The van der Waals surface area contributed by atoms with Crippen molar-refractivity contribution in [3.05, 3.63) is 41.2 Å². The van der Waals surface area contributed by atoms with E-state index in [4.69, 9.17) is 9.47 Å². The van der Waals surface area contributed by atoms with Crippen LogP contribution in [0.2, 0.25) is 0 Å². The zero-order valence-corrected chi connectivity index (χ0v) is 11.2. The molecule has 20 heavy (non-hydrogen) atoms. The fourth-order valence-corrected chi connectivity index (χ4v) is 2.24. The molecular weight excluding hydrogens is 258 g/mol. The summed E-state index contributed by atoms with van der Waals surface area (Å²) in [5, 5.41) is 7.98. The first-order chi connectivity index (χ1) is 9.72. The van der Waals surface area contributed by atoms with Gasteiger partial charge in [-0.25, -0.2) is 9.48 Å². The Labute approximate surface area is 115 Å². The molecule has 0 saturated heterocycles. The molecule has 1 aliphatic rings. The van der Waals surface area contributed by atoms with Gasteiger partial charge in [-0.2, -0.15) is 0 Å². The van der Waals surface area contributed by atoms with Crippen molar-refractivity contribution < 1.29 is 14.3 Å². The van der Waals surface area contributed by atoms with E-state index in [1.807, 2.05) is 18.2 Å². The maximum atomic E-state index is 11.8. The van der Waals surface area contributed by atoms with Crippen molar-refractivity contribution in [3.63, 3.8) is 0 Å². The molecule has 0 amide bonds. The van der Waals surface area contributed by atoms with Gasteiger partial charge >= 0.3 is 5.97 Å². The Morgan fingerprint density at radius 1 is 1.35 bits per heavy atom. The van der Waals surface area contributed by atoms with Crippen LogP contribution in [0.1, 0.15) is 11.3 Å². The minimum Gasteiger partial charge on any atom is -0.497 e. The Balaban J connectivity index is 2.21. The van der Waals surface area contributed by atoms with E-state index in [-0.39, 0.29) is 5.97 Å². The van der Waals surface area contributed by atoms with Gasteiger partial charge < -0.3 is 9.47 Å². The lowest BCUT2D eigenvalue weighted by atomic mass is 10.1. The van der Waals surface area contributed by atoms with Gasteiger partial charge in [-0.05, 0) is 24.3 Å². The predicted molar refractivity (Wildman–Crippen MR) is 71.6 cm³/mol. The van der Waals surface area contributed by atoms with Crippen LogP contribution in [-0.2, 0) is 16.0 Å². The number of methoxy groups -OCH3 is 2. The fraction of sp³-hybridized carbons (Fsp3) is 0.214. The van der Waals surface area contributed by atoms with Gasteiger partial charge in [0.2, 0.25) is 0 Å². The smallest absolute Gasteiger partial charge is 0.334 e. The Morgan fingerprint density at radius 2 is 2.20 bits per heavy atom. The van der Waals surface area contributed by atoms with Crippen LogP contribution in [0.25, 0.3) is 11.8 Å². The summed E-state index contributed by atoms with van der Waals surface area (Å²) < 4.78 is 11.8. The molecule has 1 aromatic carbocycles. The van der Waals surface area contributed by atoms with Gasteiger partial charge in [0.15, 0.2) is 0 Å². The first-order valence-electron chi connectivity index (χ1n) is 6.10. The molecule has 1 aromatic heterocycles. The van der Waals surface area contributed by atoms with Crippen LogP contribution in [0, 0.1) is 0 Å². The number of nitrogens with zero attached hydrogens (tertiary/aromatic N) is 3. The number of carbonyl (C=O) groups is 1. The third-order valence-electron chi connectivity index (χ3n) is 3.23. The molecule has 0 unspecified atom stereocenters. The lowest BCUT2D eigenvalue weighted by molar-refractivity contribution is -0.136. The number of ether oxygens (including phenoxy) is 2. The van der Waals surface area contributed by atoms with Gasteiger partial charge in [0.05, 0.1) is 31.8 Å². The molecule has 0 aliphatic carbocycles. The minimum atomic E-state index is -0.353. The van der Waals surface area contributed by atoms with Crippen molar-refractivity contribution in [2.45, 2.75) is 6.42 Å². The fourth-order valence-electron chi connectivity index (χ4n) is 2.24. The second kappa shape index (κ2) is 4.80. The van der Waals surface area contributed by atoms with Crippen LogP contribution in [0.5, 0.6) is 5.75 Å². The quantitative estimate of drug-likeness (QED) is 0.772. The summed E-state index contributed by atoms with van der Waals surface area (Å²) in [6, 6.07) is 5.60. The van der Waals surface area contributed by atoms with Crippen molar-refractivity contribution >= 4 is 12.0 Å². The van der Waals surface area contributed by atoms with Crippen LogP contribution < -0.4 is 4.74 Å². The van der Waals surface area contributed by atoms with Crippen LogP contribution in [0.3, 0.4) is 0 Å². The van der Waals surface area contributed by atoms with E-state index in [0.717, 1.165) is 16.9 Å². The summed E-state index contributed by atoms with van der Waals surface area (Å²) in [6.07, 6.45) is 3.88. The zero-order valence-electron chi connectivity index (χ0n) is 11.2. The Hall–Kier alpha value is -2.63. The monoisotopic (exact) mass is 271 g/mol. The summed E-state index contributed by atoms with van der Waals surface area (Å²) >= 11 is 0. The third kappa shape index (κ3) is 1.95. The van der Waals surface area contributed by atoms with Crippen LogP contribution in [-0.4, -0.2) is 35.2 Å². The van der Waals surface area contributed by atoms with Gasteiger partial charge in [-0.1, -0.05) is 5.21 Å². The number of hydrogen-bond acceptors (Lipinski definition) is 5. The third-order valence-corrected chi connectivity index (χ3v) is 3.23. The maximum absolute atomic E-state index is 11.8. The van der Waals surface area contributed by atoms with Crippen LogP contribution in [0.4, 0.5) is 0 Å². The Kier molecular flexibility index (Phi) is 2.98. The summed E-state index contributed by atoms with van der Waals surface area (Å²) in [5.74, 6) is 0.362. The molecule has 2 heterocycles.